The fourth-order valence-electron chi connectivity index (χ4n) is 2.70. The van der Waals surface area contributed by atoms with E-state index in [1.54, 1.807) is 17.0 Å². The van der Waals surface area contributed by atoms with Crippen molar-refractivity contribution in [2.75, 3.05) is 26.7 Å². The number of piperidine rings is 1. The highest BCUT2D eigenvalue weighted by molar-refractivity contribution is 6.31. The molecule has 1 aromatic rings. The molecule has 5 nitrogen and oxygen atoms in total. The Bertz CT molecular complexity index is 644. The highest BCUT2D eigenvalue weighted by Gasteiger charge is 2.38. The van der Waals surface area contributed by atoms with Gasteiger partial charge in [0.15, 0.2) is 0 Å². The molecule has 2 rings (SSSR count). The number of ether oxygens (including phenoxy) is 1. The first kappa shape index (κ1) is 19.4. The van der Waals surface area contributed by atoms with E-state index in [-0.39, 0.29) is 18.4 Å². The molecule has 1 saturated heterocycles. The first-order valence-electron chi connectivity index (χ1n) is 7.70. The number of amides is 2. The molecule has 0 bridgehead atoms. The van der Waals surface area contributed by atoms with E-state index in [9.17, 15) is 22.8 Å². The molecule has 0 unspecified atom stereocenters. The van der Waals surface area contributed by atoms with Crippen molar-refractivity contribution in [3.05, 3.63) is 28.8 Å². The minimum Gasteiger partial charge on any atom is -0.496 e. The molecule has 0 aliphatic carbocycles. The van der Waals surface area contributed by atoms with E-state index in [0.717, 1.165) is 0 Å². The Morgan fingerprint density at radius 3 is 2.52 bits per heavy atom. The van der Waals surface area contributed by atoms with Crippen LogP contribution >= 0.6 is 11.6 Å². The zero-order valence-corrected chi connectivity index (χ0v) is 14.3. The number of hydrogen-bond donors (Lipinski definition) is 1. The summed E-state index contributed by atoms with van der Waals surface area (Å²) in [6, 6.07) is 4.75. The van der Waals surface area contributed by atoms with Gasteiger partial charge in [-0.25, -0.2) is 0 Å². The summed E-state index contributed by atoms with van der Waals surface area (Å²) in [5, 5.41) is 2.30. The fraction of sp³-hybridized carbons (Fsp3) is 0.500. The molecular weight excluding hydrogens is 361 g/mol. The SMILES string of the molecule is COc1ccc(Cl)cc1C(=O)N1CCC(CNC(=O)C(F)(F)F)CC1. The van der Waals surface area contributed by atoms with Gasteiger partial charge in [-0.1, -0.05) is 11.6 Å². The Morgan fingerprint density at radius 2 is 1.96 bits per heavy atom. The Hall–Kier alpha value is -1.96. The lowest BCUT2D eigenvalue weighted by Crippen LogP contribution is -2.44. The zero-order chi connectivity index (χ0) is 18.6. The number of benzene rings is 1. The van der Waals surface area contributed by atoms with E-state index < -0.39 is 12.1 Å². The number of nitrogens with one attached hydrogen (secondary N) is 1. The number of methoxy groups -OCH3 is 1. The topological polar surface area (TPSA) is 58.6 Å². The van der Waals surface area contributed by atoms with E-state index in [1.807, 2.05) is 5.32 Å². The van der Waals surface area contributed by atoms with E-state index in [2.05, 4.69) is 0 Å². The molecule has 1 aliphatic rings. The summed E-state index contributed by atoms with van der Waals surface area (Å²) in [4.78, 5) is 25.1. The third kappa shape index (κ3) is 5.01. The molecule has 1 heterocycles. The van der Waals surface area contributed by atoms with E-state index in [0.29, 0.717) is 42.3 Å². The molecule has 0 spiro atoms. The number of likely N-dealkylation sites (tertiary alicyclic amines) is 1. The van der Waals surface area contributed by atoms with Crippen LogP contribution < -0.4 is 10.1 Å². The lowest BCUT2D eigenvalue weighted by atomic mass is 9.96. The number of rotatable bonds is 4. The summed E-state index contributed by atoms with van der Waals surface area (Å²) >= 11 is 5.93. The lowest BCUT2D eigenvalue weighted by molar-refractivity contribution is -0.173. The predicted octanol–water partition coefficient (Wildman–Crippen LogP) is 2.88. The van der Waals surface area contributed by atoms with Gasteiger partial charge in [0.25, 0.3) is 5.91 Å². The van der Waals surface area contributed by atoms with Gasteiger partial charge in [-0.15, -0.1) is 0 Å². The average molecular weight is 379 g/mol. The minimum absolute atomic E-state index is 0.0547. The number of hydrogen-bond acceptors (Lipinski definition) is 3. The molecule has 0 aromatic heterocycles. The van der Waals surface area contributed by atoms with Gasteiger partial charge in [0.2, 0.25) is 0 Å². The second kappa shape index (κ2) is 7.95. The Labute approximate surface area is 148 Å². The van der Waals surface area contributed by atoms with Gasteiger partial charge < -0.3 is 15.0 Å². The van der Waals surface area contributed by atoms with Crippen molar-refractivity contribution < 1.29 is 27.5 Å². The molecule has 0 atom stereocenters. The summed E-state index contributed by atoms with van der Waals surface area (Å²) in [6.07, 6.45) is -3.86. The average Bonchev–Trinajstić information content (AvgIpc) is 2.58. The Kier molecular flexibility index (Phi) is 6.16. The van der Waals surface area contributed by atoms with Crippen molar-refractivity contribution in [1.82, 2.24) is 10.2 Å². The third-order valence-electron chi connectivity index (χ3n) is 4.10. The van der Waals surface area contributed by atoms with E-state index >= 15 is 0 Å². The predicted molar refractivity (Wildman–Crippen MR) is 85.7 cm³/mol. The molecule has 1 N–H and O–H groups in total. The van der Waals surface area contributed by atoms with Gasteiger partial charge in [-0.05, 0) is 37.0 Å². The molecule has 1 fully saturated rings. The van der Waals surface area contributed by atoms with Crippen molar-refractivity contribution in [1.29, 1.82) is 0 Å². The van der Waals surface area contributed by atoms with Crippen LogP contribution in [0.1, 0.15) is 23.2 Å². The summed E-state index contributed by atoms with van der Waals surface area (Å²) in [6.45, 7) is 0.725. The Balaban J connectivity index is 1.91. The maximum absolute atomic E-state index is 12.6. The molecular formula is C16H18ClF3N2O3. The summed E-state index contributed by atoms with van der Waals surface area (Å²) < 4.78 is 41.7. The number of nitrogens with zero attached hydrogens (tertiary/aromatic N) is 1. The molecule has 0 radical (unpaired) electrons. The van der Waals surface area contributed by atoms with Crippen LogP contribution in [0.15, 0.2) is 18.2 Å². The van der Waals surface area contributed by atoms with Crippen LogP contribution in [-0.2, 0) is 4.79 Å². The van der Waals surface area contributed by atoms with Crippen LogP contribution in [0.4, 0.5) is 13.2 Å². The molecule has 1 aliphatic heterocycles. The van der Waals surface area contributed by atoms with Crippen molar-refractivity contribution in [3.63, 3.8) is 0 Å². The van der Waals surface area contributed by atoms with Crippen LogP contribution in [-0.4, -0.2) is 49.6 Å². The summed E-state index contributed by atoms with van der Waals surface area (Å²) in [5.41, 5.74) is 0.346. The molecule has 2 amide bonds. The highest BCUT2D eigenvalue weighted by Crippen LogP contribution is 2.26. The van der Waals surface area contributed by atoms with E-state index in [4.69, 9.17) is 16.3 Å². The number of carbonyl (C=O) groups excluding carboxylic acids is 2. The van der Waals surface area contributed by atoms with Gasteiger partial charge in [0.05, 0.1) is 12.7 Å². The largest absolute Gasteiger partial charge is 0.496 e. The van der Waals surface area contributed by atoms with Gasteiger partial charge in [0.1, 0.15) is 5.75 Å². The van der Waals surface area contributed by atoms with E-state index in [1.165, 1.54) is 13.2 Å². The fourth-order valence-corrected chi connectivity index (χ4v) is 2.87. The number of alkyl halides is 3. The molecule has 25 heavy (non-hydrogen) atoms. The first-order chi connectivity index (χ1) is 11.7. The van der Waals surface area contributed by atoms with Crippen molar-refractivity contribution in [3.8, 4) is 5.75 Å². The molecule has 138 valence electrons. The van der Waals surface area contributed by atoms with Crippen molar-refractivity contribution >= 4 is 23.4 Å². The summed E-state index contributed by atoms with van der Waals surface area (Å²) in [7, 11) is 1.45. The molecule has 9 heteroatoms. The standard InChI is InChI=1S/C16H18ClF3N2O3/c1-25-13-3-2-11(17)8-12(13)14(23)22-6-4-10(5-7-22)9-21-15(24)16(18,19)20/h2-3,8,10H,4-7,9H2,1H3,(H,21,24). The lowest BCUT2D eigenvalue weighted by Gasteiger charge is -2.32. The third-order valence-corrected chi connectivity index (χ3v) is 4.34. The molecule has 0 saturated carbocycles. The summed E-state index contributed by atoms with van der Waals surface area (Å²) in [5.74, 6) is -1.86. The van der Waals surface area contributed by atoms with Crippen LogP contribution in [0, 0.1) is 5.92 Å². The Morgan fingerprint density at radius 1 is 1.32 bits per heavy atom. The smallest absolute Gasteiger partial charge is 0.471 e. The van der Waals surface area contributed by atoms with Gasteiger partial charge in [-0.2, -0.15) is 13.2 Å². The number of halogens is 4. The van der Waals surface area contributed by atoms with Crippen LogP contribution in [0.25, 0.3) is 0 Å². The zero-order valence-electron chi connectivity index (χ0n) is 13.5. The molecule has 1 aromatic carbocycles. The normalized spacial score (nSPS) is 15.8. The van der Waals surface area contributed by atoms with Gasteiger partial charge >= 0.3 is 12.1 Å². The minimum atomic E-state index is -4.88. The van der Waals surface area contributed by atoms with Gasteiger partial charge in [-0.3, -0.25) is 9.59 Å². The first-order valence-corrected chi connectivity index (χ1v) is 8.08. The quantitative estimate of drug-likeness (QED) is 0.876. The van der Waals surface area contributed by atoms with Crippen LogP contribution in [0.3, 0.4) is 0 Å². The second-order valence-electron chi connectivity index (χ2n) is 5.79. The maximum atomic E-state index is 12.6. The monoisotopic (exact) mass is 378 g/mol. The van der Waals surface area contributed by atoms with Crippen LogP contribution in [0.2, 0.25) is 5.02 Å². The maximum Gasteiger partial charge on any atom is 0.471 e. The van der Waals surface area contributed by atoms with Crippen molar-refractivity contribution in [2.45, 2.75) is 19.0 Å². The van der Waals surface area contributed by atoms with Crippen LogP contribution in [0.5, 0.6) is 5.75 Å². The highest BCUT2D eigenvalue weighted by atomic mass is 35.5. The second-order valence-corrected chi connectivity index (χ2v) is 6.22. The van der Waals surface area contributed by atoms with Gasteiger partial charge in [0, 0.05) is 24.7 Å². The van der Waals surface area contributed by atoms with Crippen molar-refractivity contribution in [2.24, 2.45) is 5.92 Å². The number of carbonyl (C=O) groups is 2.